The van der Waals surface area contributed by atoms with Crippen LogP contribution in [-0.4, -0.2) is 8.42 Å². The largest absolute Gasteiger partial charge is 0.280 e. The molecule has 1 heterocycles. The Morgan fingerprint density at radius 3 is 2.37 bits per heavy atom. The summed E-state index contributed by atoms with van der Waals surface area (Å²) >= 11 is 8.09. The number of benzene rings is 1. The average molecular weight is 425 g/mol. The van der Waals surface area contributed by atoms with Crippen molar-refractivity contribution in [1.29, 1.82) is 0 Å². The fraction of sp³-hybridized carbons (Fsp3) is 0.167. The van der Waals surface area contributed by atoms with E-state index in [9.17, 15) is 8.42 Å². The summed E-state index contributed by atoms with van der Waals surface area (Å²) in [5.41, 5.74) is 1.53. The number of hydrogen-bond donors (Lipinski definition) is 1. The lowest BCUT2D eigenvalue weighted by Crippen LogP contribution is -2.13. The fourth-order valence-corrected chi connectivity index (χ4v) is 5.33. The van der Waals surface area contributed by atoms with Crippen molar-refractivity contribution in [2.75, 3.05) is 4.72 Å². The first-order valence-corrected chi connectivity index (χ1v) is 9.23. The smallest absolute Gasteiger partial charge is 0.263 e. The highest BCUT2D eigenvalue weighted by molar-refractivity contribution is 9.11. The van der Waals surface area contributed by atoms with Gasteiger partial charge in [0, 0.05) is 15.0 Å². The molecule has 7 heteroatoms. The third-order valence-corrected chi connectivity index (χ3v) is 6.62. The van der Waals surface area contributed by atoms with Crippen molar-refractivity contribution in [2.45, 2.75) is 18.7 Å². The van der Waals surface area contributed by atoms with Gasteiger partial charge < -0.3 is 0 Å². The van der Waals surface area contributed by atoms with E-state index in [0.29, 0.717) is 10.6 Å². The Balaban J connectivity index is 2.36. The number of nitrogens with one attached hydrogen (secondary N) is 1. The lowest BCUT2D eigenvalue weighted by Gasteiger charge is -2.09. The Labute approximate surface area is 133 Å². The molecule has 2 aromatic rings. The molecule has 19 heavy (non-hydrogen) atoms. The van der Waals surface area contributed by atoms with Gasteiger partial charge >= 0.3 is 0 Å². The number of halogens is 2. The number of thiophene rings is 1. The molecule has 1 aromatic heterocycles. The zero-order valence-corrected chi connectivity index (χ0v) is 15.0. The zero-order valence-electron chi connectivity index (χ0n) is 10.2. The molecular weight excluding hydrogens is 414 g/mol. The van der Waals surface area contributed by atoms with E-state index in [1.54, 1.807) is 25.1 Å². The predicted molar refractivity (Wildman–Crippen MR) is 86.4 cm³/mol. The lowest BCUT2D eigenvalue weighted by molar-refractivity contribution is 0.601. The summed E-state index contributed by atoms with van der Waals surface area (Å²) in [6.07, 6.45) is 0. The van der Waals surface area contributed by atoms with Crippen molar-refractivity contribution in [3.8, 4) is 0 Å². The molecule has 0 spiro atoms. The highest BCUT2D eigenvalue weighted by Crippen LogP contribution is 2.31. The molecule has 102 valence electrons. The second kappa shape index (κ2) is 5.55. The molecule has 3 nitrogen and oxygen atoms in total. The van der Waals surface area contributed by atoms with Crippen molar-refractivity contribution in [2.24, 2.45) is 0 Å². The molecule has 0 atom stereocenters. The van der Waals surface area contributed by atoms with Crippen LogP contribution in [0.3, 0.4) is 0 Å². The van der Waals surface area contributed by atoms with Crippen molar-refractivity contribution in [1.82, 2.24) is 0 Å². The monoisotopic (exact) mass is 423 g/mol. The zero-order chi connectivity index (χ0) is 14.2. The maximum Gasteiger partial charge on any atom is 0.263 e. The van der Waals surface area contributed by atoms with Crippen molar-refractivity contribution in [3.63, 3.8) is 0 Å². The first kappa shape index (κ1) is 15.0. The molecule has 0 unspecified atom stereocenters. The number of hydrogen-bond acceptors (Lipinski definition) is 3. The molecule has 0 radical (unpaired) electrons. The predicted octanol–water partition coefficient (Wildman–Crippen LogP) is 4.69. The highest BCUT2D eigenvalue weighted by atomic mass is 79.9. The van der Waals surface area contributed by atoms with Crippen LogP contribution in [0, 0.1) is 13.8 Å². The molecule has 1 N–H and O–H groups in total. The van der Waals surface area contributed by atoms with Crippen LogP contribution in [0.4, 0.5) is 5.69 Å². The van der Waals surface area contributed by atoms with Gasteiger partial charge in [0.25, 0.3) is 10.0 Å². The van der Waals surface area contributed by atoms with Crippen molar-refractivity contribution in [3.05, 3.63) is 43.0 Å². The molecule has 0 saturated heterocycles. The first-order chi connectivity index (χ1) is 8.79. The topological polar surface area (TPSA) is 46.2 Å². The van der Waals surface area contributed by atoms with Gasteiger partial charge in [-0.2, -0.15) is 0 Å². The minimum absolute atomic E-state index is 0.310. The molecule has 0 aliphatic heterocycles. The van der Waals surface area contributed by atoms with Gasteiger partial charge in [-0.1, -0.05) is 15.9 Å². The van der Waals surface area contributed by atoms with Gasteiger partial charge in [0.15, 0.2) is 0 Å². The standard InChI is InChI=1S/C12H11Br2NO2S2/c1-7-5-9(3-4-10(7)13)15-19(16,17)11-6-12(14)18-8(11)2/h3-6,15H,1-2H3. The third kappa shape index (κ3) is 3.39. The van der Waals surface area contributed by atoms with Crippen LogP contribution < -0.4 is 4.72 Å². The van der Waals surface area contributed by atoms with E-state index < -0.39 is 10.0 Å². The van der Waals surface area contributed by atoms with Crippen LogP contribution in [0.2, 0.25) is 0 Å². The van der Waals surface area contributed by atoms with Gasteiger partial charge in [-0.05, 0) is 59.6 Å². The summed E-state index contributed by atoms with van der Waals surface area (Å²) in [6.45, 7) is 3.70. The van der Waals surface area contributed by atoms with Crippen molar-refractivity contribution < 1.29 is 8.42 Å². The van der Waals surface area contributed by atoms with E-state index in [4.69, 9.17) is 0 Å². The molecule has 0 saturated carbocycles. The van der Waals surface area contributed by atoms with Crippen LogP contribution in [-0.2, 0) is 10.0 Å². The second-order valence-corrected chi connectivity index (χ2v) is 9.18. The SMILES string of the molecule is Cc1cc(NS(=O)(=O)c2cc(Br)sc2C)ccc1Br. The van der Waals surface area contributed by atoms with Gasteiger partial charge in [0.1, 0.15) is 4.90 Å². The Bertz CT molecular complexity index is 723. The van der Waals surface area contributed by atoms with Crippen LogP contribution in [0.15, 0.2) is 37.4 Å². The van der Waals surface area contributed by atoms with Gasteiger partial charge in [-0.15, -0.1) is 11.3 Å². The molecule has 0 aliphatic rings. The lowest BCUT2D eigenvalue weighted by atomic mass is 10.2. The highest BCUT2D eigenvalue weighted by Gasteiger charge is 2.19. The second-order valence-electron chi connectivity index (χ2n) is 4.04. The molecule has 0 fully saturated rings. The summed E-state index contributed by atoms with van der Waals surface area (Å²) in [6, 6.07) is 6.96. The Morgan fingerprint density at radius 1 is 1.16 bits per heavy atom. The summed E-state index contributed by atoms with van der Waals surface area (Å²) in [5.74, 6) is 0. The van der Waals surface area contributed by atoms with Crippen LogP contribution >= 0.6 is 43.2 Å². The van der Waals surface area contributed by atoms with Gasteiger partial charge in [0.05, 0.1) is 3.79 Å². The quantitative estimate of drug-likeness (QED) is 0.776. The molecule has 0 bridgehead atoms. The van der Waals surface area contributed by atoms with E-state index in [2.05, 4.69) is 36.6 Å². The maximum absolute atomic E-state index is 12.3. The number of aryl methyl sites for hydroxylation is 2. The van der Waals surface area contributed by atoms with Crippen LogP contribution in [0.5, 0.6) is 0 Å². The Morgan fingerprint density at radius 2 is 1.84 bits per heavy atom. The van der Waals surface area contributed by atoms with Crippen LogP contribution in [0.1, 0.15) is 10.4 Å². The minimum atomic E-state index is -3.54. The maximum atomic E-state index is 12.3. The molecule has 0 aliphatic carbocycles. The summed E-state index contributed by atoms with van der Waals surface area (Å²) in [5, 5.41) is 0. The number of anilines is 1. The Hall–Kier alpha value is -0.370. The van der Waals surface area contributed by atoms with E-state index in [-0.39, 0.29) is 0 Å². The number of rotatable bonds is 3. The fourth-order valence-electron chi connectivity index (χ4n) is 1.62. The molecule has 2 rings (SSSR count). The summed E-state index contributed by atoms with van der Waals surface area (Å²) in [4.78, 5) is 1.07. The van der Waals surface area contributed by atoms with Gasteiger partial charge in [-0.3, -0.25) is 4.72 Å². The normalized spacial score (nSPS) is 11.6. The van der Waals surface area contributed by atoms with E-state index >= 15 is 0 Å². The average Bonchev–Trinajstić information content (AvgIpc) is 2.63. The molecular formula is C12H11Br2NO2S2. The minimum Gasteiger partial charge on any atom is -0.280 e. The number of sulfonamides is 1. The van der Waals surface area contributed by atoms with E-state index in [1.807, 2.05) is 13.0 Å². The van der Waals surface area contributed by atoms with E-state index in [0.717, 1.165) is 18.7 Å². The molecule has 0 amide bonds. The Kier molecular flexibility index (Phi) is 4.39. The van der Waals surface area contributed by atoms with Crippen LogP contribution in [0.25, 0.3) is 0 Å². The summed E-state index contributed by atoms with van der Waals surface area (Å²) in [7, 11) is -3.54. The molecule has 1 aromatic carbocycles. The van der Waals surface area contributed by atoms with Gasteiger partial charge in [-0.25, -0.2) is 8.42 Å². The summed E-state index contributed by atoms with van der Waals surface area (Å²) < 4.78 is 28.9. The first-order valence-electron chi connectivity index (χ1n) is 5.34. The van der Waals surface area contributed by atoms with Crippen molar-refractivity contribution >= 4 is 58.9 Å². The third-order valence-electron chi connectivity index (χ3n) is 2.54. The van der Waals surface area contributed by atoms with Gasteiger partial charge in [0.2, 0.25) is 0 Å². The van der Waals surface area contributed by atoms with E-state index in [1.165, 1.54) is 11.3 Å².